The predicted octanol–water partition coefficient (Wildman–Crippen LogP) is 2.87. The Morgan fingerprint density at radius 3 is 2.86 bits per heavy atom. The molecule has 3 rings (SSSR count). The number of benzene rings is 1. The molecule has 1 aromatic carbocycles. The predicted molar refractivity (Wildman–Crippen MR) is 81.8 cm³/mol. The number of aromatic nitrogens is 3. The van der Waals surface area contributed by atoms with Crippen molar-refractivity contribution in [3.05, 3.63) is 47.2 Å². The number of methoxy groups -OCH3 is 2. The Bertz CT molecular complexity index is 860. The van der Waals surface area contributed by atoms with Gasteiger partial charge in [0.05, 0.1) is 25.5 Å². The van der Waals surface area contributed by atoms with Crippen LogP contribution in [0.3, 0.4) is 0 Å². The molecule has 2 heterocycles. The normalized spacial score (nSPS) is 10.7. The lowest BCUT2D eigenvalue weighted by Gasteiger charge is -2.07. The first-order valence-electron chi connectivity index (χ1n) is 6.40. The largest absolute Gasteiger partial charge is 0.495 e. The number of pyridine rings is 1. The average molecular weight is 318 g/mol. The lowest BCUT2D eigenvalue weighted by molar-refractivity contribution is 0.0600. The van der Waals surface area contributed by atoms with E-state index in [4.69, 9.17) is 16.3 Å². The number of fused-ring (bicyclic) bond motifs is 1. The Kier molecular flexibility index (Phi) is 3.68. The third-order valence-electron chi connectivity index (χ3n) is 3.19. The van der Waals surface area contributed by atoms with Gasteiger partial charge in [-0.2, -0.15) is 0 Å². The van der Waals surface area contributed by atoms with E-state index in [0.29, 0.717) is 33.1 Å². The lowest BCUT2D eigenvalue weighted by atomic mass is 10.2. The molecule has 0 unspecified atom stereocenters. The van der Waals surface area contributed by atoms with E-state index in [1.807, 2.05) is 12.1 Å². The number of carbonyl (C=O) groups excluding carboxylic acids is 1. The highest BCUT2D eigenvalue weighted by molar-refractivity contribution is 6.33. The van der Waals surface area contributed by atoms with Crippen LogP contribution in [0.4, 0.5) is 0 Å². The number of ether oxygens (including phenoxy) is 2. The van der Waals surface area contributed by atoms with Crippen LogP contribution in [-0.2, 0) is 4.74 Å². The molecule has 3 aromatic rings. The van der Waals surface area contributed by atoms with Gasteiger partial charge < -0.3 is 9.47 Å². The van der Waals surface area contributed by atoms with Gasteiger partial charge in [-0.05, 0) is 18.2 Å². The zero-order valence-corrected chi connectivity index (χ0v) is 12.7. The monoisotopic (exact) mass is 317 g/mol. The van der Waals surface area contributed by atoms with Crippen LogP contribution < -0.4 is 4.74 Å². The van der Waals surface area contributed by atoms with Crippen molar-refractivity contribution in [3.8, 4) is 11.4 Å². The van der Waals surface area contributed by atoms with Gasteiger partial charge in [-0.15, -0.1) is 5.10 Å². The van der Waals surface area contributed by atoms with E-state index in [1.165, 1.54) is 13.3 Å². The van der Waals surface area contributed by atoms with Gasteiger partial charge in [-0.25, -0.2) is 14.5 Å². The van der Waals surface area contributed by atoms with Crippen molar-refractivity contribution >= 4 is 28.6 Å². The Balaban J connectivity index is 2.11. The van der Waals surface area contributed by atoms with Crippen LogP contribution in [0, 0.1) is 0 Å². The Labute approximate surface area is 131 Å². The summed E-state index contributed by atoms with van der Waals surface area (Å²) in [6.07, 6.45) is 3.17. The van der Waals surface area contributed by atoms with Crippen LogP contribution in [0.2, 0.25) is 5.02 Å². The van der Waals surface area contributed by atoms with Gasteiger partial charge in [-0.3, -0.25) is 0 Å². The minimum Gasteiger partial charge on any atom is -0.495 e. The smallest absolute Gasteiger partial charge is 0.339 e. The lowest BCUT2D eigenvalue weighted by Crippen LogP contribution is -2.01. The summed E-state index contributed by atoms with van der Waals surface area (Å²) in [5.74, 6) is 0.114. The van der Waals surface area contributed by atoms with Gasteiger partial charge in [-0.1, -0.05) is 17.7 Å². The Morgan fingerprint density at radius 2 is 2.14 bits per heavy atom. The Morgan fingerprint density at radius 1 is 1.32 bits per heavy atom. The highest BCUT2D eigenvalue weighted by atomic mass is 35.5. The third-order valence-corrected chi connectivity index (χ3v) is 3.57. The number of nitrogens with zero attached hydrogens (tertiary/aromatic N) is 3. The van der Waals surface area contributed by atoms with Gasteiger partial charge in [0.15, 0.2) is 5.65 Å². The molecule has 0 N–H and O–H groups in total. The van der Waals surface area contributed by atoms with Crippen molar-refractivity contribution < 1.29 is 14.3 Å². The summed E-state index contributed by atoms with van der Waals surface area (Å²) in [6.45, 7) is 0. The molecule has 0 saturated heterocycles. The first-order valence-corrected chi connectivity index (χ1v) is 6.78. The maximum absolute atomic E-state index is 11.5. The molecule has 112 valence electrons. The SMILES string of the molecule is COC(=O)c1cnc2nn(-c3cccc(OC)c3Cl)cc2c1. The van der Waals surface area contributed by atoms with Crippen molar-refractivity contribution in [1.82, 2.24) is 14.8 Å². The summed E-state index contributed by atoms with van der Waals surface area (Å²) >= 11 is 6.29. The summed E-state index contributed by atoms with van der Waals surface area (Å²) in [5.41, 5.74) is 1.54. The van der Waals surface area contributed by atoms with Crippen molar-refractivity contribution in [2.24, 2.45) is 0 Å². The van der Waals surface area contributed by atoms with Crippen molar-refractivity contribution in [3.63, 3.8) is 0 Å². The van der Waals surface area contributed by atoms with E-state index in [-0.39, 0.29) is 0 Å². The van der Waals surface area contributed by atoms with E-state index in [0.717, 1.165) is 0 Å². The second kappa shape index (κ2) is 5.65. The molecule has 0 atom stereocenters. The van der Waals surface area contributed by atoms with Crippen LogP contribution in [0.5, 0.6) is 5.75 Å². The Hall–Kier alpha value is -2.60. The molecule has 0 aliphatic carbocycles. The van der Waals surface area contributed by atoms with Crippen molar-refractivity contribution in [1.29, 1.82) is 0 Å². The van der Waals surface area contributed by atoms with Crippen LogP contribution in [0.1, 0.15) is 10.4 Å². The van der Waals surface area contributed by atoms with Gasteiger partial charge in [0.25, 0.3) is 0 Å². The molecular formula is C15H12ClN3O3. The fourth-order valence-electron chi connectivity index (χ4n) is 2.10. The zero-order chi connectivity index (χ0) is 15.7. The number of hydrogen-bond acceptors (Lipinski definition) is 5. The minimum atomic E-state index is -0.443. The van der Waals surface area contributed by atoms with E-state index in [9.17, 15) is 4.79 Å². The number of halogens is 1. The molecule has 2 aromatic heterocycles. The molecule has 0 fully saturated rings. The molecule has 6 nitrogen and oxygen atoms in total. The summed E-state index contributed by atoms with van der Waals surface area (Å²) in [7, 11) is 2.88. The molecule has 0 radical (unpaired) electrons. The first-order chi connectivity index (χ1) is 10.6. The van der Waals surface area contributed by atoms with E-state index in [2.05, 4.69) is 14.8 Å². The third kappa shape index (κ3) is 2.37. The average Bonchev–Trinajstić information content (AvgIpc) is 2.97. The second-order valence-electron chi connectivity index (χ2n) is 4.50. The molecule has 0 bridgehead atoms. The molecule has 0 aliphatic heterocycles. The van der Waals surface area contributed by atoms with Gasteiger partial charge >= 0.3 is 5.97 Å². The molecule has 0 aliphatic rings. The fraction of sp³-hybridized carbons (Fsp3) is 0.133. The number of esters is 1. The highest BCUT2D eigenvalue weighted by Crippen LogP contribution is 2.30. The summed E-state index contributed by atoms with van der Waals surface area (Å²) in [4.78, 5) is 15.7. The number of rotatable bonds is 3. The van der Waals surface area contributed by atoms with Gasteiger partial charge in [0.1, 0.15) is 10.8 Å². The van der Waals surface area contributed by atoms with E-state index < -0.39 is 5.97 Å². The van der Waals surface area contributed by atoms with Crippen LogP contribution in [0.15, 0.2) is 36.7 Å². The zero-order valence-electron chi connectivity index (χ0n) is 11.9. The van der Waals surface area contributed by atoms with Gasteiger partial charge in [0, 0.05) is 17.8 Å². The topological polar surface area (TPSA) is 66.2 Å². The maximum Gasteiger partial charge on any atom is 0.339 e. The van der Waals surface area contributed by atoms with Gasteiger partial charge in [0.2, 0.25) is 0 Å². The summed E-state index contributed by atoms with van der Waals surface area (Å²) < 4.78 is 11.5. The molecular weight excluding hydrogens is 306 g/mol. The minimum absolute atomic E-state index is 0.367. The fourth-order valence-corrected chi connectivity index (χ4v) is 2.39. The standard InChI is InChI=1S/C15H12ClN3O3/c1-21-12-5-3-4-11(13(12)16)19-8-10-6-9(15(20)22-2)7-17-14(10)18-19/h3-8H,1-2H3. The van der Waals surface area contributed by atoms with Crippen molar-refractivity contribution in [2.75, 3.05) is 14.2 Å². The number of hydrogen-bond donors (Lipinski definition) is 0. The quantitative estimate of drug-likeness (QED) is 0.695. The van der Waals surface area contributed by atoms with Crippen LogP contribution in [0.25, 0.3) is 16.7 Å². The molecule has 7 heteroatoms. The molecule has 0 amide bonds. The van der Waals surface area contributed by atoms with Crippen LogP contribution in [-0.4, -0.2) is 35.0 Å². The maximum atomic E-state index is 11.5. The van der Waals surface area contributed by atoms with Crippen molar-refractivity contribution in [2.45, 2.75) is 0 Å². The molecule has 0 spiro atoms. The second-order valence-corrected chi connectivity index (χ2v) is 4.87. The molecule has 22 heavy (non-hydrogen) atoms. The number of carbonyl (C=O) groups is 1. The molecule has 0 saturated carbocycles. The van der Waals surface area contributed by atoms with Crippen LogP contribution >= 0.6 is 11.6 Å². The van der Waals surface area contributed by atoms with E-state index in [1.54, 1.807) is 30.1 Å². The first kappa shape index (κ1) is 14.3. The summed E-state index contributed by atoms with van der Waals surface area (Å²) in [6, 6.07) is 7.08. The summed E-state index contributed by atoms with van der Waals surface area (Å²) in [5, 5.41) is 5.52. The van der Waals surface area contributed by atoms with E-state index >= 15 is 0 Å². The highest BCUT2D eigenvalue weighted by Gasteiger charge is 2.13.